The summed E-state index contributed by atoms with van der Waals surface area (Å²) in [4.78, 5) is 30.8. The van der Waals surface area contributed by atoms with Crippen molar-refractivity contribution >= 4 is 18.0 Å². The van der Waals surface area contributed by atoms with Gasteiger partial charge in [-0.05, 0) is 23.8 Å². The summed E-state index contributed by atoms with van der Waals surface area (Å²) in [6, 6.07) is 7.01. The number of hydrogen-bond donors (Lipinski definition) is 2. The van der Waals surface area contributed by atoms with E-state index in [9.17, 15) is 9.59 Å². The van der Waals surface area contributed by atoms with E-state index in [0.717, 1.165) is 11.1 Å². The van der Waals surface area contributed by atoms with E-state index in [0.29, 0.717) is 0 Å². The molecule has 0 atom stereocenters. The zero-order valence-corrected chi connectivity index (χ0v) is 11.1. The summed E-state index contributed by atoms with van der Waals surface area (Å²) in [6.07, 6.45) is 7.84. The lowest BCUT2D eigenvalue weighted by Crippen LogP contribution is -2.37. The van der Waals surface area contributed by atoms with Gasteiger partial charge in [-0.25, -0.2) is 5.43 Å². The molecule has 0 aliphatic rings. The molecule has 0 aliphatic heterocycles. The Kier molecular flexibility index (Phi) is 5.11. The molecule has 7 heteroatoms. The van der Waals surface area contributed by atoms with Gasteiger partial charge in [0.1, 0.15) is 0 Å². The van der Waals surface area contributed by atoms with Crippen molar-refractivity contribution in [2.75, 3.05) is 0 Å². The molecule has 2 N–H and O–H groups in total. The molecule has 2 heterocycles. The summed E-state index contributed by atoms with van der Waals surface area (Å²) in [5.74, 6) is -1.58. The Morgan fingerprint density at radius 1 is 1.10 bits per heavy atom. The fraction of sp³-hybridized carbons (Fsp3) is 0.0714. The minimum Gasteiger partial charge on any atom is -0.344 e. The molecule has 2 amide bonds. The molecule has 2 aromatic rings. The van der Waals surface area contributed by atoms with Crippen LogP contribution in [0.5, 0.6) is 0 Å². The number of aromatic nitrogens is 2. The average molecular weight is 283 g/mol. The number of pyridine rings is 2. The van der Waals surface area contributed by atoms with Gasteiger partial charge in [-0.15, -0.1) is 0 Å². The maximum atomic E-state index is 11.5. The van der Waals surface area contributed by atoms with Gasteiger partial charge in [-0.2, -0.15) is 5.10 Å². The topological polar surface area (TPSA) is 96.3 Å². The third-order valence-electron chi connectivity index (χ3n) is 2.47. The average Bonchev–Trinajstić information content (AvgIpc) is 2.54. The standard InChI is InChI=1S/C14H13N5O2/c20-13(17-9-11-3-6-15-7-4-11)14(21)19-18-10-12-2-1-5-16-8-12/h1-8,10H,9H2,(H,17,20)(H,19,21). The van der Waals surface area contributed by atoms with Crippen LogP contribution in [0.15, 0.2) is 54.2 Å². The minimum atomic E-state index is -0.829. The van der Waals surface area contributed by atoms with Crippen molar-refractivity contribution < 1.29 is 9.59 Å². The van der Waals surface area contributed by atoms with Crippen molar-refractivity contribution in [3.63, 3.8) is 0 Å². The monoisotopic (exact) mass is 283 g/mol. The van der Waals surface area contributed by atoms with Gasteiger partial charge in [-0.1, -0.05) is 6.07 Å². The van der Waals surface area contributed by atoms with Crippen LogP contribution in [0.4, 0.5) is 0 Å². The second-order valence-electron chi connectivity index (χ2n) is 4.02. The summed E-state index contributed by atoms with van der Waals surface area (Å²) in [6.45, 7) is 0.251. The molecular formula is C14H13N5O2. The van der Waals surface area contributed by atoms with Gasteiger partial charge < -0.3 is 5.32 Å². The van der Waals surface area contributed by atoms with Crippen molar-refractivity contribution in [2.45, 2.75) is 6.54 Å². The van der Waals surface area contributed by atoms with Crippen LogP contribution in [0.2, 0.25) is 0 Å². The predicted octanol–water partition coefficient (Wildman–Crippen LogP) is 0.243. The summed E-state index contributed by atoms with van der Waals surface area (Å²) >= 11 is 0. The Balaban J connectivity index is 1.78. The van der Waals surface area contributed by atoms with Crippen LogP contribution in [0.3, 0.4) is 0 Å². The van der Waals surface area contributed by atoms with Crippen LogP contribution < -0.4 is 10.7 Å². The summed E-state index contributed by atoms with van der Waals surface area (Å²) in [5, 5.41) is 6.16. The zero-order chi connectivity index (χ0) is 14.9. The Bertz CT molecular complexity index is 628. The van der Waals surface area contributed by atoms with Crippen molar-refractivity contribution in [1.82, 2.24) is 20.7 Å². The molecule has 2 rings (SSSR count). The normalized spacial score (nSPS) is 10.3. The first kappa shape index (κ1) is 14.3. The van der Waals surface area contributed by atoms with Crippen LogP contribution in [0.25, 0.3) is 0 Å². The van der Waals surface area contributed by atoms with E-state index in [2.05, 4.69) is 25.8 Å². The van der Waals surface area contributed by atoms with Crippen molar-refractivity contribution in [3.05, 3.63) is 60.2 Å². The predicted molar refractivity (Wildman–Crippen MR) is 76.1 cm³/mol. The number of carbonyl (C=O) groups is 2. The van der Waals surface area contributed by atoms with Crippen molar-refractivity contribution in [2.24, 2.45) is 5.10 Å². The Labute approximate surface area is 121 Å². The van der Waals surface area contributed by atoms with E-state index in [-0.39, 0.29) is 6.54 Å². The van der Waals surface area contributed by atoms with Gasteiger partial charge in [0, 0.05) is 36.9 Å². The maximum Gasteiger partial charge on any atom is 0.329 e. The first-order valence-corrected chi connectivity index (χ1v) is 6.16. The highest BCUT2D eigenvalue weighted by atomic mass is 16.2. The highest BCUT2D eigenvalue weighted by Crippen LogP contribution is 1.94. The van der Waals surface area contributed by atoms with E-state index in [1.807, 2.05) is 0 Å². The van der Waals surface area contributed by atoms with Crippen LogP contribution in [-0.2, 0) is 16.1 Å². The highest BCUT2D eigenvalue weighted by molar-refractivity contribution is 6.35. The lowest BCUT2D eigenvalue weighted by Gasteiger charge is -2.03. The smallest absolute Gasteiger partial charge is 0.329 e. The van der Waals surface area contributed by atoms with E-state index in [1.54, 1.807) is 49.1 Å². The molecule has 0 unspecified atom stereocenters. The molecule has 7 nitrogen and oxygen atoms in total. The molecule has 2 aromatic heterocycles. The number of rotatable bonds is 4. The van der Waals surface area contributed by atoms with Gasteiger partial charge >= 0.3 is 11.8 Å². The highest BCUT2D eigenvalue weighted by Gasteiger charge is 2.11. The maximum absolute atomic E-state index is 11.5. The van der Waals surface area contributed by atoms with E-state index in [4.69, 9.17) is 0 Å². The molecular weight excluding hydrogens is 270 g/mol. The molecule has 0 aromatic carbocycles. The fourth-order valence-electron chi connectivity index (χ4n) is 1.43. The second-order valence-corrected chi connectivity index (χ2v) is 4.02. The number of hydrazone groups is 1. The van der Waals surface area contributed by atoms with Crippen LogP contribution in [-0.4, -0.2) is 28.0 Å². The molecule has 0 fully saturated rings. The number of carbonyl (C=O) groups excluding carboxylic acids is 2. The van der Waals surface area contributed by atoms with Crippen LogP contribution >= 0.6 is 0 Å². The van der Waals surface area contributed by atoms with E-state index >= 15 is 0 Å². The number of nitrogens with one attached hydrogen (secondary N) is 2. The van der Waals surface area contributed by atoms with Crippen molar-refractivity contribution in [3.8, 4) is 0 Å². The minimum absolute atomic E-state index is 0.251. The molecule has 0 aliphatic carbocycles. The molecule has 0 saturated carbocycles. The SMILES string of the molecule is O=C(NCc1ccncc1)C(=O)NN=Cc1cccnc1. The second kappa shape index (κ2) is 7.49. The molecule has 0 bridgehead atoms. The van der Waals surface area contributed by atoms with E-state index in [1.165, 1.54) is 6.21 Å². The first-order chi connectivity index (χ1) is 10.3. The lowest BCUT2D eigenvalue weighted by atomic mass is 10.3. The summed E-state index contributed by atoms with van der Waals surface area (Å²) in [7, 11) is 0. The first-order valence-electron chi connectivity index (χ1n) is 6.16. The third kappa shape index (κ3) is 4.83. The summed E-state index contributed by atoms with van der Waals surface area (Å²) < 4.78 is 0. The number of nitrogens with zero attached hydrogens (tertiary/aromatic N) is 3. The molecule has 106 valence electrons. The third-order valence-corrected chi connectivity index (χ3v) is 2.47. The Hall–Kier alpha value is -3.09. The van der Waals surface area contributed by atoms with Gasteiger partial charge in [0.15, 0.2) is 0 Å². The van der Waals surface area contributed by atoms with Gasteiger partial charge in [0.25, 0.3) is 0 Å². The quantitative estimate of drug-likeness (QED) is 0.477. The van der Waals surface area contributed by atoms with Crippen LogP contribution in [0, 0.1) is 0 Å². The zero-order valence-electron chi connectivity index (χ0n) is 11.1. The molecule has 21 heavy (non-hydrogen) atoms. The summed E-state index contributed by atoms with van der Waals surface area (Å²) in [5.41, 5.74) is 3.71. The fourth-order valence-corrected chi connectivity index (χ4v) is 1.43. The van der Waals surface area contributed by atoms with Gasteiger partial charge in [0.05, 0.1) is 6.21 Å². The van der Waals surface area contributed by atoms with Crippen LogP contribution in [0.1, 0.15) is 11.1 Å². The Morgan fingerprint density at radius 3 is 2.62 bits per heavy atom. The van der Waals surface area contributed by atoms with Crippen molar-refractivity contribution in [1.29, 1.82) is 0 Å². The van der Waals surface area contributed by atoms with E-state index < -0.39 is 11.8 Å². The molecule has 0 radical (unpaired) electrons. The lowest BCUT2D eigenvalue weighted by molar-refractivity contribution is -0.139. The Morgan fingerprint density at radius 2 is 1.90 bits per heavy atom. The number of amides is 2. The molecule has 0 spiro atoms. The largest absolute Gasteiger partial charge is 0.344 e. The molecule has 0 saturated heterocycles. The van der Waals surface area contributed by atoms with Gasteiger partial charge in [0.2, 0.25) is 0 Å². The van der Waals surface area contributed by atoms with Gasteiger partial charge in [-0.3, -0.25) is 19.6 Å². The number of hydrogen-bond acceptors (Lipinski definition) is 5.